The predicted molar refractivity (Wildman–Crippen MR) is 72.2 cm³/mol. The van der Waals surface area contributed by atoms with Crippen LogP contribution >= 0.6 is 0 Å². The molecule has 0 aromatic carbocycles. The second-order valence-corrected chi connectivity index (χ2v) is 5.28. The smallest absolute Gasteiger partial charge is 0.278 e. The van der Waals surface area contributed by atoms with E-state index in [1.807, 2.05) is 0 Å². The van der Waals surface area contributed by atoms with Crippen molar-refractivity contribution in [2.75, 3.05) is 24.2 Å². The molecule has 0 saturated carbocycles. The fraction of sp³-hybridized carbons (Fsp3) is 0.444. The maximum atomic E-state index is 11.4. The number of nitrogens with zero attached hydrogens (tertiary/aromatic N) is 2. The summed E-state index contributed by atoms with van der Waals surface area (Å²) in [5.74, 6) is 0.108. The van der Waals surface area contributed by atoms with Gasteiger partial charge in [0.1, 0.15) is 0 Å². The van der Waals surface area contributed by atoms with Crippen LogP contribution in [0.5, 0.6) is 0 Å². The van der Waals surface area contributed by atoms with Crippen molar-refractivity contribution in [3.8, 4) is 0 Å². The Bertz CT molecular complexity index is 707. The highest BCUT2D eigenvalue weighted by molar-refractivity contribution is 7.85. The molecule has 2 aromatic rings. The Kier molecular flexibility index (Phi) is 5.61. The maximum absolute atomic E-state index is 11.4. The van der Waals surface area contributed by atoms with Gasteiger partial charge in [0.15, 0.2) is 11.2 Å². The number of H-pyrrole nitrogens is 2. The summed E-state index contributed by atoms with van der Waals surface area (Å²) in [7, 11) is -3.66. The largest absolute Gasteiger partial charge is 0.395 e. The first kappa shape index (κ1) is 16.1. The van der Waals surface area contributed by atoms with Crippen LogP contribution in [0, 0.1) is 0 Å². The Morgan fingerprint density at radius 2 is 2.10 bits per heavy atom. The molecule has 2 heterocycles. The number of fused-ring (bicyclic) bond motifs is 1. The zero-order valence-electron chi connectivity index (χ0n) is 10.6. The van der Waals surface area contributed by atoms with Gasteiger partial charge >= 0.3 is 0 Å². The van der Waals surface area contributed by atoms with Gasteiger partial charge in [-0.05, 0) is 6.92 Å². The quantitative estimate of drug-likeness (QED) is 0.447. The summed E-state index contributed by atoms with van der Waals surface area (Å²) in [5, 5.41) is 11.3. The molecule has 2 aromatic heterocycles. The fourth-order valence-corrected chi connectivity index (χ4v) is 1.10. The van der Waals surface area contributed by atoms with E-state index < -0.39 is 10.1 Å². The molecule has 10 nitrogen and oxygen atoms in total. The number of aromatic nitrogens is 4. The van der Waals surface area contributed by atoms with Crippen molar-refractivity contribution in [2.24, 2.45) is 0 Å². The Labute approximate surface area is 114 Å². The topological polar surface area (TPSA) is 161 Å². The summed E-state index contributed by atoms with van der Waals surface area (Å²) in [4.78, 5) is 24.4. The van der Waals surface area contributed by atoms with E-state index in [0.717, 1.165) is 0 Å². The van der Waals surface area contributed by atoms with Gasteiger partial charge in [0.05, 0.1) is 18.7 Å². The molecule has 112 valence electrons. The third-order valence-electron chi connectivity index (χ3n) is 2.07. The number of nitrogens with one attached hydrogen (secondary N) is 3. The summed E-state index contributed by atoms with van der Waals surface area (Å²) in [5.41, 5.74) is 0.418. The molecule has 20 heavy (non-hydrogen) atoms. The van der Waals surface area contributed by atoms with E-state index in [1.54, 1.807) is 0 Å². The molecule has 11 heteroatoms. The van der Waals surface area contributed by atoms with Crippen LogP contribution in [0.15, 0.2) is 11.1 Å². The Morgan fingerprint density at radius 1 is 1.45 bits per heavy atom. The fourth-order valence-electron chi connectivity index (χ4n) is 1.10. The summed E-state index contributed by atoms with van der Waals surface area (Å²) in [6, 6.07) is 0. The molecule has 0 bridgehead atoms. The molecule has 5 N–H and O–H groups in total. The van der Waals surface area contributed by atoms with Crippen molar-refractivity contribution < 1.29 is 18.1 Å². The zero-order chi connectivity index (χ0) is 15.2. The van der Waals surface area contributed by atoms with E-state index in [1.165, 1.54) is 13.3 Å². The third-order valence-corrected chi connectivity index (χ3v) is 2.79. The van der Waals surface area contributed by atoms with Gasteiger partial charge < -0.3 is 15.4 Å². The number of hydrogen-bond donors (Lipinski definition) is 5. The number of rotatable bonds is 4. The average molecular weight is 305 g/mol. The Morgan fingerprint density at radius 3 is 2.65 bits per heavy atom. The highest BCUT2D eigenvalue weighted by Crippen LogP contribution is 2.01. The predicted octanol–water partition coefficient (Wildman–Crippen LogP) is -1.06. The molecule has 0 unspecified atom stereocenters. The van der Waals surface area contributed by atoms with E-state index in [0.29, 0.717) is 23.7 Å². The lowest BCUT2D eigenvalue weighted by atomic mass is 10.5. The Balaban J connectivity index is 0.000000286. The van der Waals surface area contributed by atoms with E-state index in [9.17, 15) is 13.2 Å². The molecule has 0 aliphatic heterocycles. The van der Waals surface area contributed by atoms with Crippen molar-refractivity contribution in [1.82, 2.24) is 19.9 Å². The van der Waals surface area contributed by atoms with Gasteiger partial charge in [-0.15, -0.1) is 0 Å². The van der Waals surface area contributed by atoms with Crippen LogP contribution in [0.25, 0.3) is 11.2 Å². The zero-order valence-corrected chi connectivity index (χ0v) is 11.4. The van der Waals surface area contributed by atoms with Crippen molar-refractivity contribution in [2.45, 2.75) is 6.92 Å². The first-order valence-corrected chi connectivity index (χ1v) is 7.21. The van der Waals surface area contributed by atoms with Crippen LogP contribution in [-0.2, 0) is 10.1 Å². The van der Waals surface area contributed by atoms with Crippen molar-refractivity contribution in [3.63, 3.8) is 0 Å². The summed E-state index contributed by atoms with van der Waals surface area (Å²) in [6.45, 7) is 1.68. The Hall–Kier alpha value is -1.98. The summed E-state index contributed by atoms with van der Waals surface area (Å²) >= 11 is 0. The molecule has 2 rings (SSSR count). The third kappa shape index (κ3) is 4.95. The summed E-state index contributed by atoms with van der Waals surface area (Å²) < 4.78 is 26.9. The van der Waals surface area contributed by atoms with Gasteiger partial charge in [-0.25, -0.2) is 4.98 Å². The van der Waals surface area contributed by atoms with E-state index in [2.05, 4.69) is 25.3 Å². The van der Waals surface area contributed by atoms with Gasteiger partial charge in [0.2, 0.25) is 5.95 Å². The lowest BCUT2D eigenvalue weighted by Crippen LogP contribution is -2.15. The number of anilines is 1. The minimum atomic E-state index is -3.66. The molecule has 0 spiro atoms. The van der Waals surface area contributed by atoms with Crippen molar-refractivity contribution in [1.29, 1.82) is 0 Å². The molecular weight excluding hydrogens is 290 g/mol. The van der Waals surface area contributed by atoms with E-state index >= 15 is 0 Å². The van der Waals surface area contributed by atoms with Gasteiger partial charge in [0.25, 0.3) is 15.7 Å². The highest BCUT2D eigenvalue weighted by atomic mass is 32.2. The first-order chi connectivity index (χ1) is 9.37. The minimum absolute atomic E-state index is 0.0255. The number of aliphatic hydroxyl groups is 1. The normalized spacial score (nSPS) is 10.9. The lowest BCUT2D eigenvalue weighted by molar-refractivity contribution is 0.311. The van der Waals surface area contributed by atoms with Crippen LogP contribution in [0.1, 0.15) is 6.92 Å². The number of hydrogen-bond acceptors (Lipinski definition) is 7. The molecule has 0 radical (unpaired) electrons. The van der Waals surface area contributed by atoms with Crippen LogP contribution in [0.3, 0.4) is 0 Å². The molecule has 0 atom stereocenters. The molecule has 0 saturated heterocycles. The van der Waals surface area contributed by atoms with Gasteiger partial charge in [0, 0.05) is 6.54 Å². The highest BCUT2D eigenvalue weighted by Gasteiger charge is 2.04. The minimum Gasteiger partial charge on any atom is -0.395 e. The number of imidazole rings is 1. The molecule has 0 amide bonds. The molecule has 0 fully saturated rings. The SMILES string of the molecule is CCS(=O)(=O)O.O=c1[nH]c(NCCO)nc2nc[nH]c12. The maximum Gasteiger partial charge on any atom is 0.278 e. The molecular formula is C9H15N5O5S. The summed E-state index contributed by atoms with van der Waals surface area (Å²) in [6.07, 6.45) is 1.41. The van der Waals surface area contributed by atoms with Crippen LogP contribution in [0.2, 0.25) is 0 Å². The second-order valence-electron chi connectivity index (χ2n) is 3.54. The van der Waals surface area contributed by atoms with Gasteiger partial charge in [-0.2, -0.15) is 13.4 Å². The number of aromatic amines is 2. The van der Waals surface area contributed by atoms with Crippen molar-refractivity contribution in [3.05, 3.63) is 16.7 Å². The van der Waals surface area contributed by atoms with E-state index in [-0.39, 0.29) is 17.9 Å². The molecule has 0 aliphatic carbocycles. The monoisotopic (exact) mass is 305 g/mol. The average Bonchev–Trinajstić information content (AvgIpc) is 2.85. The van der Waals surface area contributed by atoms with Gasteiger partial charge in [-0.3, -0.25) is 14.3 Å². The van der Waals surface area contributed by atoms with Crippen LogP contribution in [-0.4, -0.2) is 56.9 Å². The van der Waals surface area contributed by atoms with Crippen LogP contribution in [0.4, 0.5) is 5.95 Å². The van der Waals surface area contributed by atoms with Crippen molar-refractivity contribution >= 4 is 27.2 Å². The standard InChI is InChI=1S/C7H9N5O2.C2H6O3S/c13-2-1-8-7-11-5-4(6(14)12-7)9-3-10-5;1-2-6(3,4)5/h3,13H,1-2H2,(H3,8,9,10,11,12,14);2H2,1H3,(H,3,4,5). The molecule has 0 aliphatic rings. The van der Waals surface area contributed by atoms with Crippen LogP contribution < -0.4 is 10.9 Å². The first-order valence-electron chi connectivity index (χ1n) is 5.60. The van der Waals surface area contributed by atoms with Gasteiger partial charge in [-0.1, -0.05) is 0 Å². The number of aliphatic hydroxyl groups excluding tert-OH is 1. The second kappa shape index (κ2) is 6.98. The van der Waals surface area contributed by atoms with E-state index in [4.69, 9.17) is 9.66 Å². The lowest BCUT2D eigenvalue weighted by Gasteiger charge is -2.01.